The summed E-state index contributed by atoms with van der Waals surface area (Å²) in [6.07, 6.45) is 0.391. The summed E-state index contributed by atoms with van der Waals surface area (Å²) in [5.74, 6) is -0.355. The van der Waals surface area contributed by atoms with Crippen molar-refractivity contribution in [3.63, 3.8) is 0 Å². The van der Waals surface area contributed by atoms with E-state index >= 15 is 0 Å². The quantitative estimate of drug-likeness (QED) is 0.849. The number of aliphatic hydroxyl groups is 1. The van der Waals surface area contributed by atoms with E-state index in [0.29, 0.717) is 24.3 Å². The number of hydrogen-bond acceptors (Lipinski definition) is 4. The fraction of sp³-hybridized carbons (Fsp3) is 0.533. The van der Waals surface area contributed by atoms with Gasteiger partial charge in [-0.05, 0) is 12.0 Å². The molecule has 4 nitrogen and oxygen atoms in total. The Hall–Kier alpha value is -1.55. The summed E-state index contributed by atoms with van der Waals surface area (Å²) in [5.41, 5.74) is -0.554. The molecule has 1 N–H and O–H groups in total. The van der Waals surface area contributed by atoms with E-state index in [1.165, 1.54) is 7.11 Å². The van der Waals surface area contributed by atoms with Crippen LogP contribution in [0.15, 0.2) is 24.3 Å². The normalized spacial score (nSPS) is 23.4. The summed E-state index contributed by atoms with van der Waals surface area (Å²) in [6.45, 7) is 4.23. The van der Waals surface area contributed by atoms with E-state index in [-0.39, 0.29) is 11.9 Å². The van der Waals surface area contributed by atoms with Crippen molar-refractivity contribution in [3.8, 4) is 5.75 Å². The van der Waals surface area contributed by atoms with Crippen LogP contribution < -0.4 is 4.74 Å². The van der Waals surface area contributed by atoms with Gasteiger partial charge in [-0.2, -0.15) is 0 Å². The van der Waals surface area contributed by atoms with E-state index in [2.05, 4.69) is 0 Å². The first-order valence-electron chi connectivity index (χ1n) is 6.53. The summed E-state index contributed by atoms with van der Waals surface area (Å²) in [7, 11) is 1.35. The average molecular weight is 264 g/mol. The van der Waals surface area contributed by atoms with Crippen LogP contribution in [0.4, 0.5) is 0 Å². The fourth-order valence-electron chi connectivity index (χ4n) is 2.87. The number of rotatable bonds is 3. The number of para-hydroxylation sites is 1. The Morgan fingerprint density at radius 2 is 2.11 bits per heavy atom. The van der Waals surface area contributed by atoms with E-state index in [1.54, 1.807) is 0 Å². The van der Waals surface area contributed by atoms with Crippen molar-refractivity contribution in [1.29, 1.82) is 0 Å². The third-order valence-corrected chi connectivity index (χ3v) is 3.73. The van der Waals surface area contributed by atoms with Crippen LogP contribution in [0, 0.1) is 11.8 Å². The summed E-state index contributed by atoms with van der Waals surface area (Å²) < 4.78 is 10.4. The van der Waals surface area contributed by atoms with Crippen molar-refractivity contribution in [2.24, 2.45) is 11.8 Å². The Kier molecular flexibility index (Phi) is 3.80. The van der Waals surface area contributed by atoms with E-state index in [0.717, 1.165) is 0 Å². The second-order valence-electron chi connectivity index (χ2n) is 5.26. The maximum Gasteiger partial charge on any atom is 0.312 e. The standard InChI is InChI=1S/C15H20O4/c1-10(2)13(14(16)18-3)15(17)8-9-19-12-7-5-4-6-11(12)15/h4-7,10,13,17H,8-9H2,1-3H3. The van der Waals surface area contributed by atoms with Crippen LogP contribution in [0.3, 0.4) is 0 Å². The minimum atomic E-state index is -1.23. The van der Waals surface area contributed by atoms with Gasteiger partial charge in [0.05, 0.1) is 19.6 Å². The maximum atomic E-state index is 12.0. The predicted molar refractivity (Wildman–Crippen MR) is 70.8 cm³/mol. The molecule has 0 bridgehead atoms. The molecule has 0 spiro atoms. The number of benzene rings is 1. The zero-order chi connectivity index (χ0) is 14.0. The van der Waals surface area contributed by atoms with Crippen molar-refractivity contribution in [3.05, 3.63) is 29.8 Å². The average Bonchev–Trinajstić information content (AvgIpc) is 2.38. The molecule has 19 heavy (non-hydrogen) atoms. The van der Waals surface area contributed by atoms with Gasteiger partial charge in [0, 0.05) is 12.0 Å². The minimum Gasteiger partial charge on any atom is -0.493 e. The lowest BCUT2D eigenvalue weighted by molar-refractivity contribution is -0.163. The predicted octanol–water partition coefficient (Wildman–Crippen LogP) is 2.10. The molecule has 1 aliphatic rings. The van der Waals surface area contributed by atoms with Gasteiger partial charge in [0.2, 0.25) is 0 Å². The highest BCUT2D eigenvalue weighted by molar-refractivity contribution is 5.75. The molecule has 4 heteroatoms. The number of methoxy groups -OCH3 is 1. The zero-order valence-electron chi connectivity index (χ0n) is 11.6. The molecule has 0 aliphatic carbocycles. The number of carbonyl (C=O) groups is 1. The van der Waals surface area contributed by atoms with Gasteiger partial charge in [0.25, 0.3) is 0 Å². The summed E-state index contributed by atoms with van der Waals surface area (Å²) in [5, 5.41) is 11.1. The fourth-order valence-corrected chi connectivity index (χ4v) is 2.87. The van der Waals surface area contributed by atoms with Crippen LogP contribution in [-0.4, -0.2) is 24.8 Å². The molecular formula is C15H20O4. The van der Waals surface area contributed by atoms with Gasteiger partial charge in [-0.1, -0.05) is 32.0 Å². The molecule has 0 fully saturated rings. The first-order chi connectivity index (χ1) is 9.00. The Bertz CT molecular complexity index is 469. The number of esters is 1. The first kappa shape index (κ1) is 13.9. The van der Waals surface area contributed by atoms with Crippen molar-refractivity contribution in [1.82, 2.24) is 0 Å². The molecule has 0 saturated heterocycles. The molecular weight excluding hydrogens is 244 g/mol. The van der Waals surface area contributed by atoms with E-state index in [1.807, 2.05) is 38.1 Å². The third kappa shape index (κ3) is 2.32. The van der Waals surface area contributed by atoms with E-state index in [9.17, 15) is 9.90 Å². The minimum absolute atomic E-state index is 0.0244. The van der Waals surface area contributed by atoms with Crippen LogP contribution in [-0.2, 0) is 15.1 Å². The van der Waals surface area contributed by atoms with Gasteiger partial charge in [0.15, 0.2) is 0 Å². The van der Waals surface area contributed by atoms with Crippen LogP contribution in [0.25, 0.3) is 0 Å². The van der Waals surface area contributed by atoms with Crippen LogP contribution in [0.1, 0.15) is 25.8 Å². The molecule has 2 rings (SSSR count). The molecule has 0 amide bonds. The van der Waals surface area contributed by atoms with Gasteiger partial charge in [-0.15, -0.1) is 0 Å². The van der Waals surface area contributed by atoms with Crippen molar-refractivity contribution < 1.29 is 19.4 Å². The first-order valence-corrected chi connectivity index (χ1v) is 6.53. The number of carbonyl (C=O) groups excluding carboxylic acids is 1. The maximum absolute atomic E-state index is 12.0. The lowest BCUT2D eigenvalue weighted by Crippen LogP contribution is -2.46. The van der Waals surface area contributed by atoms with E-state index in [4.69, 9.17) is 9.47 Å². The molecule has 1 aliphatic heterocycles. The molecule has 0 radical (unpaired) electrons. The lowest BCUT2D eigenvalue weighted by Gasteiger charge is -2.40. The highest BCUT2D eigenvalue weighted by Gasteiger charge is 2.48. The zero-order valence-corrected chi connectivity index (χ0v) is 11.6. The molecule has 1 aromatic carbocycles. The molecule has 1 aromatic rings. The number of ether oxygens (including phenoxy) is 2. The van der Waals surface area contributed by atoms with Crippen molar-refractivity contribution in [2.75, 3.05) is 13.7 Å². The highest BCUT2D eigenvalue weighted by atomic mass is 16.5. The van der Waals surface area contributed by atoms with Gasteiger partial charge in [0.1, 0.15) is 11.4 Å². The highest BCUT2D eigenvalue weighted by Crippen LogP contribution is 2.44. The molecule has 2 atom stereocenters. The summed E-state index contributed by atoms with van der Waals surface area (Å²) in [6, 6.07) is 7.32. The molecule has 2 unspecified atom stereocenters. The smallest absolute Gasteiger partial charge is 0.312 e. The Morgan fingerprint density at radius 3 is 2.74 bits per heavy atom. The Labute approximate surface area is 113 Å². The van der Waals surface area contributed by atoms with Gasteiger partial charge in [-0.25, -0.2) is 0 Å². The van der Waals surface area contributed by atoms with Gasteiger partial charge >= 0.3 is 5.97 Å². The Balaban J connectivity index is 2.50. The van der Waals surface area contributed by atoms with Crippen molar-refractivity contribution >= 4 is 5.97 Å². The SMILES string of the molecule is COC(=O)C(C(C)C)C1(O)CCOc2ccccc21. The Morgan fingerprint density at radius 1 is 1.42 bits per heavy atom. The van der Waals surface area contributed by atoms with Crippen LogP contribution >= 0.6 is 0 Å². The van der Waals surface area contributed by atoms with Crippen molar-refractivity contribution in [2.45, 2.75) is 25.9 Å². The monoisotopic (exact) mass is 264 g/mol. The summed E-state index contributed by atoms with van der Waals surface area (Å²) in [4.78, 5) is 12.0. The molecule has 0 saturated carbocycles. The topological polar surface area (TPSA) is 55.8 Å². The third-order valence-electron chi connectivity index (χ3n) is 3.73. The largest absolute Gasteiger partial charge is 0.493 e. The lowest BCUT2D eigenvalue weighted by atomic mass is 9.72. The van der Waals surface area contributed by atoms with E-state index < -0.39 is 11.5 Å². The second-order valence-corrected chi connectivity index (χ2v) is 5.26. The second kappa shape index (κ2) is 5.21. The molecule has 104 valence electrons. The number of fused-ring (bicyclic) bond motifs is 1. The van der Waals surface area contributed by atoms with Crippen LogP contribution in [0.2, 0.25) is 0 Å². The summed E-state index contributed by atoms with van der Waals surface area (Å²) >= 11 is 0. The molecule has 1 heterocycles. The number of hydrogen-bond donors (Lipinski definition) is 1. The molecule has 0 aromatic heterocycles. The van der Waals surface area contributed by atoms with Gasteiger partial charge in [-0.3, -0.25) is 4.79 Å². The van der Waals surface area contributed by atoms with Gasteiger partial charge < -0.3 is 14.6 Å². The van der Waals surface area contributed by atoms with Crippen LogP contribution in [0.5, 0.6) is 5.75 Å².